The third-order valence-corrected chi connectivity index (χ3v) is 2.16. The Morgan fingerprint density at radius 2 is 2.36 bits per heavy atom. The summed E-state index contributed by atoms with van der Waals surface area (Å²) in [5.41, 5.74) is 5.83. The molecule has 1 aliphatic rings. The van der Waals surface area contributed by atoms with Gasteiger partial charge in [-0.05, 0) is 17.8 Å². The van der Waals surface area contributed by atoms with Crippen LogP contribution < -0.4 is 5.73 Å². The Kier molecular flexibility index (Phi) is 2.28. The van der Waals surface area contributed by atoms with E-state index >= 15 is 0 Å². The summed E-state index contributed by atoms with van der Waals surface area (Å²) in [7, 11) is 2.29. The molecule has 3 heteroatoms. The smallest absolute Gasteiger partial charge is 0.123 e. The van der Waals surface area contributed by atoms with Crippen molar-refractivity contribution >= 4 is 7.28 Å². The summed E-state index contributed by atoms with van der Waals surface area (Å²) < 4.78 is 0. The predicted molar refractivity (Wildman–Crippen MR) is 49.5 cm³/mol. The van der Waals surface area contributed by atoms with Gasteiger partial charge in [0.2, 0.25) is 0 Å². The van der Waals surface area contributed by atoms with E-state index in [0.717, 1.165) is 12.9 Å². The Bertz CT molecular complexity index is 156. The van der Waals surface area contributed by atoms with Crippen LogP contribution in [0, 0.1) is 0 Å². The second kappa shape index (κ2) is 2.90. The molecule has 1 heterocycles. The molecule has 0 saturated carbocycles. The van der Waals surface area contributed by atoms with Crippen LogP contribution in [0.3, 0.4) is 0 Å². The summed E-state index contributed by atoms with van der Waals surface area (Å²) in [6.45, 7) is 9.15. The second-order valence-electron chi connectivity index (χ2n) is 3.85. The number of hydrogen-bond acceptors (Lipinski definition) is 2. The van der Waals surface area contributed by atoms with E-state index in [2.05, 4.69) is 32.6 Å². The van der Waals surface area contributed by atoms with Gasteiger partial charge in [0, 0.05) is 6.54 Å². The molecular formula is C8H16BN2. The van der Waals surface area contributed by atoms with E-state index in [-0.39, 0.29) is 11.5 Å². The zero-order valence-corrected chi connectivity index (χ0v) is 7.38. The maximum Gasteiger partial charge on any atom is 0.123 e. The van der Waals surface area contributed by atoms with Crippen LogP contribution in [0.2, 0.25) is 11.6 Å². The van der Waals surface area contributed by atoms with Crippen LogP contribution >= 0.6 is 0 Å². The molecule has 0 aromatic heterocycles. The van der Waals surface area contributed by atoms with E-state index in [4.69, 9.17) is 5.73 Å². The normalized spacial score (nSPS) is 29.4. The van der Waals surface area contributed by atoms with Gasteiger partial charge in [-0.2, -0.15) is 0 Å². The van der Waals surface area contributed by atoms with Crippen molar-refractivity contribution in [2.75, 3.05) is 6.54 Å². The summed E-state index contributed by atoms with van der Waals surface area (Å²) in [5.74, 6) is 0. The fraction of sp³-hybridized carbons (Fsp3) is 0.750. The highest BCUT2D eigenvalue weighted by Gasteiger charge is 2.29. The highest BCUT2D eigenvalue weighted by Crippen LogP contribution is 2.30. The molecule has 0 bridgehead atoms. The molecule has 0 aliphatic carbocycles. The highest BCUT2D eigenvalue weighted by atomic mass is 15.2. The zero-order chi connectivity index (χ0) is 8.48. The van der Waals surface area contributed by atoms with E-state index in [9.17, 15) is 0 Å². The van der Waals surface area contributed by atoms with Gasteiger partial charge in [-0.15, -0.1) is 0 Å². The van der Waals surface area contributed by atoms with Crippen molar-refractivity contribution in [2.45, 2.75) is 31.6 Å². The lowest BCUT2D eigenvalue weighted by atomic mass is 9.49. The molecule has 1 saturated heterocycles. The number of rotatable bonds is 1. The summed E-state index contributed by atoms with van der Waals surface area (Å²) >= 11 is 0. The SMILES string of the molecule is C=CN1CC(C)(C)[B]CC1N. The van der Waals surface area contributed by atoms with E-state index in [1.807, 2.05) is 6.20 Å². The lowest BCUT2D eigenvalue weighted by molar-refractivity contribution is 0.253. The average Bonchev–Trinajstić information content (AvgIpc) is 1.94. The molecule has 11 heavy (non-hydrogen) atoms. The molecule has 0 aromatic rings. The fourth-order valence-corrected chi connectivity index (χ4v) is 1.43. The fourth-order valence-electron chi connectivity index (χ4n) is 1.43. The molecular weight excluding hydrogens is 135 g/mol. The van der Waals surface area contributed by atoms with Crippen molar-refractivity contribution in [3.63, 3.8) is 0 Å². The van der Waals surface area contributed by atoms with Crippen molar-refractivity contribution in [3.8, 4) is 0 Å². The quantitative estimate of drug-likeness (QED) is 0.567. The van der Waals surface area contributed by atoms with Gasteiger partial charge >= 0.3 is 0 Å². The van der Waals surface area contributed by atoms with Crippen molar-refractivity contribution < 1.29 is 0 Å². The molecule has 61 valence electrons. The van der Waals surface area contributed by atoms with Crippen molar-refractivity contribution in [3.05, 3.63) is 12.8 Å². The first kappa shape index (κ1) is 8.66. The maximum absolute atomic E-state index is 5.83. The van der Waals surface area contributed by atoms with E-state index < -0.39 is 0 Å². The van der Waals surface area contributed by atoms with Crippen molar-refractivity contribution in [1.82, 2.24) is 4.90 Å². The number of nitrogens with two attached hydrogens (primary N) is 1. The summed E-state index contributed by atoms with van der Waals surface area (Å²) in [6, 6.07) is 0. The van der Waals surface area contributed by atoms with Crippen LogP contribution in [0.1, 0.15) is 13.8 Å². The van der Waals surface area contributed by atoms with Crippen molar-refractivity contribution in [2.24, 2.45) is 5.73 Å². The molecule has 2 N–H and O–H groups in total. The van der Waals surface area contributed by atoms with Gasteiger partial charge in [0.05, 0.1) is 6.17 Å². The average molecular weight is 151 g/mol. The first-order chi connectivity index (χ1) is 5.05. The molecule has 1 fully saturated rings. The van der Waals surface area contributed by atoms with Crippen molar-refractivity contribution in [1.29, 1.82) is 0 Å². The van der Waals surface area contributed by atoms with Gasteiger partial charge in [-0.3, -0.25) is 0 Å². The predicted octanol–water partition coefficient (Wildman–Crippen LogP) is 1.05. The van der Waals surface area contributed by atoms with E-state index in [0.29, 0.717) is 0 Å². The van der Waals surface area contributed by atoms with E-state index in [1.165, 1.54) is 0 Å². The Balaban J connectivity index is 2.58. The number of hydrogen-bond donors (Lipinski definition) is 1. The topological polar surface area (TPSA) is 29.3 Å². The molecule has 1 atom stereocenters. The van der Waals surface area contributed by atoms with Gasteiger partial charge < -0.3 is 10.6 Å². The van der Waals surface area contributed by atoms with Gasteiger partial charge in [0.15, 0.2) is 0 Å². The van der Waals surface area contributed by atoms with Crippen LogP contribution in [0.5, 0.6) is 0 Å². The summed E-state index contributed by atoms with van der Waals surface area (Å²) in [4.78, 5) is 2.10. The van der Waals surface area contributed by atoms with Gasteiger partial charge in [-0.1, -0.05) is 20.4 Å². The first-order valence-electron chi connectivity index (χ1n) is 4.03. The third kappa shape index (κ3) is 1.99. The Morgan fingerprint density at radius 1 is 1.73 bits per heavy atom. The van der Waals surface area contributed by atoms with Crippen LogP contribution in [-0.2, 0) is 0 Å². The monoisotopic (exact) mass is 151 g/mol. The molecule has 0 spiro atoms. The standard InChI is InChI=1S/C8H16BN2/c1-4-11-6-8(2,3)9-5-7(11)10/h4,7H,1,5-6,10H2,2-3H3. The second-order valence-corrected chi connectivity index (χ2v) is 3.85. The molecule has 1 radical (unpaired) electrons. The molecule has 1 aliphatic heterocycles. The minimum absolute atomic E-state index is 0.139. The molecule has 2 nitrogen and oxygen atoms in total. The van der Waals surface area contributed by atoms with E-state index in [1.54, 1.807) is 0 Å². The Labute approximate surface area is 69.7 Å². The van der Waals surface area contributed by atoms with Crippen LogP contribution in [0.15, 0.2) is 12.8 Å². The van der Waals surface area contributed by atoms with Crippen LogP contribution in [-0.4, -0.2) is 24.9 Å². The van der Waals surface area contributed by atoms with Gasteiger partial charge in [-0.25, -0.2) is 0 Å². The maximum atomic E-state index is 5.83. The highest BCUT2D eigenvalue weighted by molar-refractivity contribution is 6.40. The lowest BCUT2D eigenvalue weighted by Crippen LogP contribution is -2.48. The van der Waals surface area contributed by atoms with Crippen LogP contribution in [0.25, 0.3) is 0 Å². The molecule has 1 unspecified atom stereocenters. The Hall–Kier alpha value is -0.435. The first-order valence-corrected chi connectivity index (χ1v) is 4.03. The molecule has 0 aromatic carbocycles. The minimum Gasteiger partial charge on any atom is -0.364 e. The summed E-state index contributed by atoms with van der Waals surface area (Å²) in [6.07, 6.45) is 2.93. The minimum atomic E-state index is 0.139. The van der Waals surface area contributed by atoms with Gasteiger partial charge in [0.25, 0.3) is 0 Å². The lowest BCUT2D eigenvalue weighted by Gasteiger charge is -2.41. The molecule has 0 amide bonds. The molecule has 1 rings (SSSR count). The Morgan fingerprint density at radius 3 is 2.82 bits per heavy atom. The van der Waals surface area contributed by atoms with Crippen LogP contribution in [0.4, 0.5) is 0 Å². The third-order valence-electron chi connectivity index (χ3n) is 2.16. The summed E-state index contributed by atoms with van der Waals surface area (Å²) in [5, 5.41) is 0.282. The zero-order valence-electron chi connectivity index (χ0n) is 7.38. The van der Waals surface area contributed by atoms with Gasteiger partial charge in [0.1, 0.15) is 7.28 Å². The number of nitrogens with zero attached hydrogens (tertiary/aromatic N) is 1. The largest absolute Gasteiger partial charge is 0.364 e.